The van der Waals surface area contributed by atoms with Gasteiger partial charge in [0.2, 0.25) is 5.95 Å². The van der Waals surface area contributed by atoms with Gasteiger partial charge in [-0.25, -0.2) is 9.97 Å². The molecule has 0 bridgehead atoms. The number of nitrogens with zero attached hydrogens (tertiary/aromatic N) is 2. The standard InChI is InChI=1S/C9H14FN3O/c1-6(14)9(2,3)13-8-4-7(10)11-5-12-8/h4-6,14H,1-3H3,(H,11,12,13). The topological polar surface area (TPSA) is 58.0 Å². The van der Waals surface area contributed by atoms with Gasteiger partial charge in [-0.15, -0.1) is 0 Å². The molecule has 2 N–H and O–H groups in total. The first-order valence-electron chi connectivity index (χ1n) is 4.35. The number of aliphatic hydroxyl groups is 1. The van der Waals surface area contributed by atoms with Crippen LogP contribution in [0.4, 0.5) is 10.2 Å². The van der Waals surface area contributed by atoms with Crippen LogP contribution in [-0.2, 0) is 0 Å². The first kappa shape index (κ1) is 10.8. The first-order chi connectivity index (χ1) is 6.42. The van der Waals surface area contributed by atoms with Gasteiger partial charge in [0.25, 0.3) is 0 Å². The van der Waals surface area contributed by atoms with Crippen LogP contribution in [0.5, 0.6) is 0 Å². The zero-order valence-corrected chi connectivity index (χ0v) is 8.45. The Labute approximate surface area is 82.2 Å². The molecule has 0 saturated carbocycles. The molecule has 1 aromatic heterocycles. The lowest BCUT2D eigenvalue weighted by molar-refractivity contribution is 0.133. The summed E-state index contributed by atoms with van der Waals surface area (Å²) < 4.78 is 12.7. The molecular formula is C9H14FN3O. The van der Waals surface area contributed by atoms with Gasteiger partial charge < -0.3 is 10.4 Å². The van der Waals surface area contributed by atoms with E-state index >= 15 is 0 Å². The number of nitrogens with one attached hydrogen (secondary N) is 1. The average molecular weight is 199 g/mol. The molecule has 0 aromatic carbocycles. The summed E-state index contributed by atoms with van der Waals surface area (Å²) in [4.78, 5) is 7.17. The molecule has 1 heterocycles. The average Bonchev–Trinajstić information content (AvgIpc) is 2.02. The van der Waals surface area contributed by atoms with Gasteiger partial charge in [-0.3, -0.25) is 0 Å². The van der Waals surface area contributed by atoms with Crippen molar-refractivity contribution in [1.82, 2.24) is 9.97 Å². The molecule has 0 aliphatic heterocycles. The third-order valence-electron chi connectivity index (χ3n) is 2.13. The van der Waals surface area contributed by atoms with Crippen LogP contribution in [0.3, 0.4) is 0 Å². The number of hydrogen-bond acceptors (Lipinski definition) is 4. The zero-order valence-electron chi connectivity index (χ0n) is 8.45. The molecule has 1 rings (SSSR count). The fourth-order valence-electron chi connectivity index (χ4n) is 0.836. The van der Waals surface area contributed by atoms with Gasteiger partial charge in [0, 0.05) is 6.07 Å². The van der Waals surface area contributed by atoms with E-state index in [4.69, 9.17) is 0 Å². The number of hydrogen-bond donors (Lipinski definition) is 2. The van der Waals surface area contributed by atoms with Gasteiger partial charge in [0.05, 0.1) is 11.6 Å². The summed E-state index contributed by atoms with van der Waals surface area (Å²) in [5.41, 5.74) is -0.555. The second-order valence-corrected chi connectivity index (χ2v) is 3.75. The maximum absolute atomic E-state index is 12.7. The number of aromatic nitrogens is 2. The van der Waals surface area contributed by atoms with E-state index in [2.05, 4.69) is 15.3 Å². The summed E-state index contributed by atoms with van der Waals surface area (Å²) in [6.07, 6.45) is 0.566. The monoisotopic (exact) mass is 199 g/mol. The Bertz CT molecular complexity index is 315. The summed E-state index contributed by atoms with van der Waals surface area (Å²) >= 11 is 0. The van der Waals surface area contributed by atoms with Crippen LogP contribution >= 0.6 is 0 Å². The van der Waals surface area contributed by atoms with E-state index in [1.165, 1.54) is 6.07 Å². The fourth-order valence-corrected chi connectivity index (χ4v) is 0.836. The molecule has 78 valence electrons. The van der Waals surface area contributed by atoms with Crippen LogP contribution < -0.4 is 5.32 Å². The molecule has 1 aromatic rings. The smallest absolute Gasteiger partial charge is 0.217 e. The SMILES string of the molecule is CC(O)C(C)(C)Nc1cc(F)ncn1. The maximum Gasteiger partial charge on any atom is 0.217 e. The van der Waals surface area contributed by atoms with Crippen molar-refractivity contribution < 1.29 is 9.50 Å². The largest absolute Gasteiger partial charge is 0.391 e. The van der Waals surface area contributed by atoms with Gasteiger partial charge in [0.1, 0.15) is 12.1 Å². The van der Waals surface area contributed by atoms with Crippen molar-refractivity contribution in [3.8, 4) is 0 Å². The van der Waals surface area contributed by atoms with Crippen LogP contribution in [0, 0.1) is 5.95 Å². The molecular weight excluding hydrogens is 185 g/mol. The number of aliphatic hydroxyl groups excluding tert-OH is 1. The van der Waals surface area contributed by atoms with Crippen LogP contribution in [0.25, 0.3) is 0 Å². The lowest BCUT2D eigenvalue weighted by atomic mass is 9.99. The van der Waals surface area contributed by atoms with Gasteiger partial charge in [0.15, 0.2) is 0 Å². The van der Waals surface area contributed by atoms with Crippen LogP contribution in [0.2, 0.25) is 0 Å². The normalized spacial score (nSPS) is 13.8. The predicted octanol–water partition coefficient (Wildman–Crippen LogP) is 1.19. The van der Waals surface area contributed by atoms with E-state index in [-0.39, 0.29) is 0 Å². The first-order valence-corrected chi connectivity index (χ1v) is 4.35. The minimum absolute atomic E-state index is 0.364. The van der Waals surface area contributed by atoms with Crippen molar-refractivity contribution in [3.63, 3.8) is 0 Å². The summed E-state index contributed by atoms with van der Waals surface area (Å²) in [5, 5.41) is 12.3. The summed E-state index contributed by atoms with van der Waals surface area (Å²) in [6, 6.07) is 1.18. The lowest BCUT2D eigenvalue weighted by Crippen LogP contribution is -2.42. The molecule has 14 heavy (non-hydrogen) atoms. The van der Waals surface area contributed by atoms with Gasteiger partial charge in [-0.2, -0.15) is 4.39 Å². The minimum atomic E-state index is -0.594. The van der Waals surface area contributed by atoms with Crippen molar-refractivity contribution in [2.45, 2.75) is 32.4 Å². The van der Waals surface area contributed by atoms with Crippen molar-refractivity contribution in [3.05, 3.63) is 18.3 Å². The second-order valence-electron chi connectivity index (χ2n) is 3.75. The fraction of sp³-hybridized carbons (Fsp3) is 0.556. The zero-order chi connectivity index (χ0) is 10.8. The molecule has 0 saturated heterocycles. The highest BCUT2D eigenvalue weighted by atomic mass is 19.1. The highest BCUT2D eigenvalue weighted by Crippen LogP contribution is 2.16. The van der Waals surface area contributed by atoms with Crippen molar-refractivity contribution in [2.24, 2.45) is 0 Å². The third-order valence-corrected chi connectivity index (χ3v) is 2.13. The second kappa shape index (κ2) is 3.88. The van der Waals surface area contributed by atoms with E-state index in [0.717, 1.165) is 6.33 Å². The summed E-state index contributed by atoms with van der Waals surface area (Å²) in [5.74, 6) is -0.229. The number of halogens is 1. The lowest BCUT2D eigenvalue weighted by Gasteiger charge is -2.29. The molecule has 0 aliphatic rings. The molecule has 0 fully saturated rings. The van der Waals surface area contributed by atoms with E-state index < -0.39 is 17.6 Å². The molecule has 1 unspecified atom stereocenters. The Kier molecular flexibility index (Phi) is 3.00. The Morgan fingerprint density at radius 3 is 2.64 bits per heavy atom. The van der Waals surface area contributed by atoms with E-state index in [1.54, 1.807) is 20.8 Å². The highest BCUT2D eigenvalue weighted by molar-refractivity contribution is 5.35. The molecule has 4 nitrogen and oxygen atoms in total. The quantitative estimate of drug-likeness (QED) is 0.718. The summed E-state index contributed by atoms with van der Waals surface area (Å²) in [7, 11) is 0. The van der Waals surface area contributed by atoms with Gasteiger partial charge in [-0.1, -0.05) is 0 Å². The van der Waals surface area contributed by atoms with E-state index in [0.29, 0.717) is 5.82 Å². The Hall–Kier alpha value is -1.23. The van der Waals surface area contributed by atoms with Crippen LogP contribution in [0.1, 0.15) is 20.8 Å². The molecule has 5 heteroatoms. The van der Waals surface area contributed by atoms with Crippen LogP contribution in [0.15, 0.2) is 12.4 Å². The third kappa shape index (κ3) is 2.63. The van der Waals surface area contributed by atoms with Crippen molar-refractivity contribution in [2.75, 3.05) is 5.32 Å². The van der Waals surface area contributed by atoms with Crippen molar-refractivity contribution in [1.29, 1.82) is 0 Å². The van der Waals surface area contributed by atoms with Gasteiger partial charge in [-0.05, 0) is 20.8 Å². The Morgan fingerprint density at radius 2 is 2.14 bits per heavy atom. The Balaban J connectivity index is 2.78. The molecule has 0 amide bonds. The molecule has 1 atom stereocenters. The summed E-state index contributed by atoms with van der Waals surface area (Å²) in [6.45, 7) is 5.26. The van der Waals surface area contributed by atoms with Crippen molar-refractivity contribution >= 4 is 5.82 Å². The van der Waals surface area contributed by atoms with E-state index in [9.17, 15) is 9.50 Å². The van der Waals surface area contributed by atoms with Gasteiger partial charge >= 0.3 is 0 Å². The number of rotatable bonds is 3. The molecule has 0 radical (unpaired) electrons. The Morgan fingerprint density at radius 1 is 1.50 bits per heavy atom. The van der Waals surface area contributed by atoms with E-state index in [1.807, 2.05) is 0 Å². The minimum Gasteiger partial charge on any atom is -0.391 e. The number of anilines is 1. The maximum atomic E-state index is 12.7. The van der Waals surface area contributed by atoms with Crippen LogP contribution in [-0.4, -0.2) is 26.7 Å². The highest BCUT2D eigenvalue weighted by Gasteiger charge is 2.24. The molecule has 0 aliphatic carbocycles. The predicted molar refractivity (Wildman–Crippen MR) is 51.4 cm³/mol. The molecule has 0 spiro atoms.